The summed E-state index contributed by atoms with van der Waals surface area (Å²) in [4.78, 5) is 19.7. The highest BCUT2D eigenvalue weighted by Gasteiger charge is 2.22. The fourth-order valence-corrected chi connectivity index (χ4v) is 4.86. The number of hydrogen-bond donors (Lipinski definition) is 3. The van der Waals surface area contributed by atoms with Gasteiger partial charge in [0.25, 0.3) is 5.91 Å². The number of aromatic nitrogens is 1. The van der Waals surface area contributed by atoms with Gasteiger partial charge in [0.1, 0.15) is 5.82 Å². The Labute approximate surface area is 191 Å². The zero-order chi connectivity index (χ0) is 22.2. The summed E-state index contributed by atoms with van der Waals surface area (Å²) in [5.41, 5.74) is 3.18. The van der Waals surface area contributed by atoms with Gasteiger partial charge in [-0.05, 0) is 81.2 Å². The van der Waals surface area contributed by atoms with Crippen LogP contribution < -0.4 is 10.6 Å². The quantitative estimate of drug-likeness (QED) is 0.562. The number of pyridine rings is 1. The van der Waals surface area contributed by atoms with Gasteiger partial charge < -0.3 is 20.6 Å². The van der Waals surface area contributed by atoms with E-state index in [1.54, 1.807) is 12.1 Å². The molecule has 32 heavy (non-hydrogen) atoms. The number of rotatable bonds is 9. The summed E-state index contributed by atoms with van der Waals surface area (Å²) in [5, 5.41) is 16.2. The molecule has 0 bridgehead atoms. The van der Waals surface area contributed by atoms with Gasteiger partial charge in [-0.2, -0.15) is 0 Å². The van der Waals surface area contributed by atoms with E-state index in [1.807, 2.05) is 18.2 Å². The number of nitrogens with one attached hydrogen (secondary N) is 2. The lowest BCUT2D eigenvalue weighted by molar-refractivity contribution is 0.0900. The van der Waals surface area contributed by atoms with E-state index in [9.17, 15) is 9.90 Å². The summed E-state index contributed by atoms with van der Waals surface area (Å²) in [6, 6.07) is 13.4. The molecule has 3 N–H and O–H groups in total. The van der Waals surface area contributed by atoms with E-state index < -0.39 is 0 Å². The Morgan fingerprint density at radius 1 is 1.22 bits per heavy atom. The van der Waals surface area contributed by atoms with Crippen molar-refractivity contribution in [3.63, 3.8) is 0 Å². The first-order valence-corrected chi connectivity index (χ1v) is 12.1. The van der Waals surface area contributed by atoms with Crippen LogP contribution in [0.2, 0.25) is 0 Å². The van der Waals surface area contributed by atoms with Gasteiger partial charge in [-0.1, -0.05) is 24.3 Å². The van der Waals surface area contributed by atoms with Crippen molar-refractivity contribution < 1.29 is 9.90 Å². The number of benzene rings is 1. The average molecular weight is 437 g/mol. The molecule has 1 unspecified atom stereocenters. The molecule has 4 rings (SSSR count). The maximum atomic E-state index is 12.4. The van der Waals surface area contributed by atoms with E-state index in [0.29, 0.717) is 11.5 Å². The summed E-state index contributed by atoms with van der Waals surface area (Å²) < 4.78 is 0. The second kappa shape index (κ2) is 11.4. The number of nitrogens with zero attached hydrogens (tertiary/aromatic N) is 2. The molecule has 1 amide bonds. The maximum Gasteiger partial charge on any atom is 0.251 e. The zero-order valence-corrected chi connectivity index (χ0v) is 18.9. The van der Waals surface area contributed by atoms with Crippen molar-refractivity contribution in [2.75, 3.05) is 38.1 Å². The minimum atomic E-state index is -0.213. The molecular weight excluding hydrogens is 400 g/mol. The van der Waals surface area contributed by atoms with Crippen LogP contribution in [0.15, 0.2) is 42.5 Å². The Morgan fingerprint density at radius 3 is 2.94 bits per heavy atom. The number of likely N-dealkylation sites (tertiary alicyclic amines) is 1. The smallest absolute Gasteiger partial charge is 0.251 e. The number of aryl methyl sites for hydroxylation is 2. The van der Waals surface area contributed by atoms with Crippen LogP contribution in [0.4, 0.5) is 5.82 Å². The van der Waals surface area contributed by atoms with Gasteiger partial charge in [0.05, 0.1) is 12.6 Å². The molecule has 2 aliphatic rings. The highest BCUT2D eigenvalue weighted by atomic mass is 16.3. The maximum absolute atomic E-state index is 12.4. The van der Waals surface area contributed by atoms with Gasteiger partial charge in [-0.15, -0.1) is 0 Å². The molecule has 2 aliphatic heterocycles. The first-order valence-electron chi connectivity index (χ1n) is 12.1. The Bertz CT molecular complexity index is 873. The van der Waals surface area contributed by atoms with Crippen LogP contribution in [-0.4, -0.2) is 59.7 Å². The number of aliphatic hydroxyl groups excluding tert-OH is 1. The summed E-state index contributed by atoms with van der Waals surface area (Å²) in [6.07, 6.45) is 7.76. The van der Waals surface area contributed by atoms with E-state index in [-0.39, 0.29) is 18.6 Å². The lowest BCUT2D eigenvalue weighted by Crippen LogP contribution is -2.42. The number of carbonyl (C=O) groups excluding carboxylic acids is 1. The van der Waals surface area contributed by atoms with E-state index in [2.05, 4.69) is 27.7 Å². The number of amides is 1. The molecule has 6 nitrogen and oxygen atoms in total. The van der Waals surface area contributed by atoms with Gasteiger partial charge in [-0.3, -0.25) is 4.79 Å². The lowest BCUT2D eigenvalue weighted by atomic mass is 9.92. The molecule has 1 aromatic carbocycles. The third kappa shape index (κ3) is 6.30. The lowest BCUT2D eigenvalue weighted by Gasteiger charge is -2.33. The van der Waals surface area contributed by atoms with Gasteiger partial charge in [0.15, 0.2) is 0 Å². The molecule has 172 valence electrons. The number of carbonyl (C=O) groups is 1. The largest absolute Gasteiger partial charge is 0.394 e. The molecule has 0 spiro atoms. The predicted octanol–water partition coefficient (Wildman–Crippen LogP) is 3.27. The van der Waals surface area contributed by atoms with Crippen molar-refractivity contribution in [2.45, 2.75) is 51.0 Å². The summed E-state index contributed by atoms with van der Waals surface area (Å²) in [7, 11) is 0. The third-order valence-corrected chi connectivity index (χ3v) is 6.75. The van der Waals surface area contributed by atoms with Gasteiger partial charge in [0.2, 0.25) is 0 Å². The van der Waals surface area contributed by atoms with Crippen LogP contribution in [0.3, 0.4) is 0 Å². The Hall–Kier alpha value is -2.44. The van der Waals surface area contributed by atoms with Crippen molar-refractivity contribution in [1.82, 2.24) is 15.2 Å². The molecule has 0 aliphatic carbocycles. The minimum absolute atomic E-state index is 0.0339. The van der Waals surface area contributed by atoms with Crippen LogP contribution in [0.5, 0.6) is 0 Å². The van der Waals surface area contributed by atoms with Crippen LogP contribution in [0.25, 0.3) is 0 Å². The van der Waals surface area contributed by atoms with Crippen LogP contribution in [0.1, 0.15) is 53.7 Å². The fourth-order valence-electron chi connectivity index (χ4n) is 4.86. The van der Waals surface area contributed by atoms with Crippen molar-refractivity contribution >= 4 is 11.7 Å². The second-order valence-electron chi connectivity index (χ2n) is 9.20. The molecule has 2 aromatic rings. The predicted molar refractivity (Wildman–Crippen MR) is 128 cm³/mol. The Morgan fingerprint density at radius 2 is 2.09 bits per heavy atom. The molecule has 0 radical (unpaired) electrons. The van der Waals surface area contributed by atoms with Crippen LogP contribution >= 0.6 is 0 Å². The third-order valence-electron chi connectivity index (χ3n) is 6.75. The second-order valence-corrected chi connectivity index (χ2v) is 9.20. The highest BCUT2D eigenvalue weighted by molar-refractivity contribution is 5.94. The molecule has 1 fully saturated rings. The number of aliphatic hydroxyl groups is 1. The summed E-state index contributed by atoms with van der Waals surface area (Å²) in [5.74, 6) is 1.65. The van der Waals surface area contributed by atoms with Crippen molar-refractivity contribution in [2.24, 2.45) is 5.92 Å². The molecule has 0 saturated carbocycles. The van der Waals surface area contributed by atoms with Gasteiger partial charge in [0, 0.05) is 30.9 Å². The SMILES string of the molecule is O=C(N[C@H](CO)CCN1CCCC(CCc2ccc3c(n2)NCCC3)C1)c1ccccc1. The summed E-state index contributed by atoms with van der Waals surface area (Å²) in [6.45, 7) is 4.09. The first-order chi connectivity index (χ1) is 15.7. The average Bonchev–Trinajstić information content (AvgIpc) is 2.85. The van der Waals surface area contributed by atoms with E-state index in [4.69, 9.17) is 4.98 Å². The normalized spacial score (nSPS) is 19.6. The summed E-state index contributed by atoms with van der Waals surface area (Å²) >= 11 is 0. The molecule has 1 saturated heterocycles. The highest BCUT2D eigenvalue weighted by Crippen LogP contribution is 2.24. The number of anilines is 1. The molecule has 2 atom stereocenters. The van der Waals surface area contributed by atoms with Crippen molar-refractivity contribution in [3.05, 3.63) is 59.3 Å². The topological polar surface area (TPSA) is 77.5 Å². The zero-order valence-electron chi connectivity index (χ0n) is 18.9. The van der Waals surface area contributed by atoms with E-state index >= 15 is 0 Å². The van der Waals surface area contributed by atoms with E-state index in [0.717, 1.165) is 57.7 Å². The Balaban J connectivity index is 1.21. The number of hydrogen-bond acceptors (Lipinski definition) is 5. The van der Waals surface area contributed by atoms with Crippen molar-refractivity contribution in [1.29, 1.82) is 0 Å². The molecular formula is C26H36N4O2. The minimum Gasteiger partial charge on any atom is -0.394 e. The van der Waals surface area contributed by atoms with E-state index in [1.165, 1.54) is 30.5 Å². The number of piperidine rings is 1. The molecule has 3 heterocycles. The Kier molecular flexibility index (Phi) is 8.13. The molecule has 1 aromatic heterocycles. The van der Waals surface area contributed by atoms with Crippen LogP contribution in [0, 0.1) is 5.92 Å². The fraction of sp³-hybridized carbons (Fsp3) is 0.538. The number of fused-ring (bicyclic) bond motifs is 1. The van der Waals surface area contributed by atoms with Gasteiger partial charge >= 0.3 is 0 Å². The van der Waals surface area contributed by atoms with Gasteiger partial charge in [-0.25, -0.2) is 4.98 Å². The monoisotopic (exact) mass is 436 g/mol. The van der Waals surface area contributed by atoms with Crippen molar-refractivity contribution in [3.8, 4) is 0 Å². The van der Waals surface area contributed by atoms with Crippen LogP contribution in [-0.2, 0) is 12.8 Å². The molecule has 6 heteroatoms. The standard InChI is InChI=1S/C26H36N4O2/c31-19-24(29-26(32)22-7-2-1-3-8-22)14-17-30-16-5-6-20(18-30)10-12-23-13-11-21-9-4-15-27-25(21)28-23/h1-3,7-8,11,13,20,24,31H,4-6,9-10,12,14-19H2,(H,27,28)(H,29,32)/t20?,24-/m0/s1. The first kappa shape index (κ1) is 22.7.